The molecule has 0 heterocycles. The molecule has 0 saturated heterocycles. The van der Waals surface area contributed by atoms with Crippen molar-refractivity contribution in [1.29, 1.82) is 0 Å². The zero-order valence-corrected chi connectivity index (χ0v) is 16.9. The second kappa shape index (κ2) is 10.0. The van der Waals surface area contributed by atoms with Crippen molar-refractivity contribution in [1.82, 2.24) is 0 Å². The molecule has 144 valence electrons. The molecular formula is C30H24. The molecule has 0 unspecified atom stereocenters. The van der Waals surface area contributed by atoms with Crippen molar-refractivity contribution in [2.45, 2.75) is 0 Å². The quantitative estimate of drug-likeness (QED) is 0.233. The fourth-order valence-electron chi connectivity index (χ4n) is 3.41. The highest BCUT2D eigenvalue weighted by Gasteiger charge is 2.07. The Morgan fingerprint density at radius 3 is 1.00 bits per heavy atom. The molecule has 4 aromatic rings. The van der Waals surface area contributed by atoms with Crippen LogP contribution in [0.3, 0.4) is 0 Å². The molecule has 0 N–H and O–H groups in total. The van der Waals surface area contributed by atoms with Crippen LogP contribution in [0.15, 0.2) is 133 Å². The summed E-state index contributed by atoms with van der Waals surface area (Å²) < 4.78 is 0. The van der Waals surface area contributed by atoms with Gasteiger partial charge in [0.05, 0.1) is 0 Å². The molecule has 30 heavy (non-hydrogen) atoms. The van der Waals surface area contributed by atoms with Crippen molar-refractivity contribution in [3.8, 4) is 0 Å². The zero-order valence-electron chi connectivity index (χ0n) is 16.9. The molecule has 4 aromatic carbocycles. The van der Waals surface area contributed by atoms with E-state index in [9.17, 15) is 0 Å². The van der Waals surface area contributed by atoms with Gasteiger partial charge in [0.15, 0.2) is 0 Å². The summed E-state index contributed by atoms with van der Waals surface area (Å²) in [5, 5.41) is 0. The molecule has 0 aliphatic heterocycles. The lowest BCUT2D eigenvalue weighted by Crippen LogP contribution is -1.89. The van der Waals surface area contributed by atoms with Crippen molar-refractivity contribution < 1.29 is 0 Å². The van der Waals surface area contributed by atoms with Gasteiger partial charge in [-0.15, -0.1) is 0 Å². The molecule has 0 aliphatic carbocycles. The van der Waals surface area contributed by atoms with E-state index in [2.05, 4.69) is 133 Å². The third-order valence-electron chi connectivity index (χ3n) is 4.94. The topological polar surface area (TPSA) is 0 Å². The lowest BCUT2D eigenvalue weighted by Gasteiger charge is -2.11. The number of hydrogen-bond acceptors (Lipinski definition) is 0. The predicted octanol–water partition coefficient (Wildman–Crippen LogP) is 8.02. The van der Waals surface area contributed by atoms with E-state index in [0.29, 0.717) is 0 Å². The fraction of sp³-hybridized carbons (Fsp3) is 0. The average Bonchev–Trinajstić information content (AvgIpc) is 2.83. The van der Waals surface area contributed by atoms with Gasteiger partial charge in [-0.1, -0.05) is 146 Å². The second-order valence-corrected chi connectivity index (χ2v) is 7.05. The lowest BCUT2D eigenvalue weighted by molar-refractivity contribution is 1.58. The zero-order chi connectivity index (χ0) is 20.4. The summed E-state index contributed by atoms with van der Waals surface area (Å²) in [5.41, 5.74) is 7.15. The van der Waals surface area contributed by atoms with Crippen molar-refractivity contribution in [2.75, 3.05) is 0 Å². The molecule has 4 rings (SSSR count). The Balaban J connectivity index is 1.88. The van der Waals surface area contributed by atoms with Crippen LogP contribution in [0.25, 0.3) is 23.3 Å². The van der Waals surface area contributed by atoms with Gasteiger partial charge in [0.1, 0.15) is 0 Å². The summed E-state index contributed by atoms with van der Waals surface area (Å²) in [6.45, 7) is 0. The molecule has 0 amide bonds. The standard InChI is InChI=1S/C30H24/c1-5-13-25(14-6-1)21-23-29(27-17-9-3-10-18-27)30(28-19-11-4-12-20-28)24-22-26-15-7-2-8-16-26/h1-24H/b23-21+,24-22+,30-29-. The van der Waals surface area contributed by atoms with E-state index < -0.39 is 0 Å². The van der Waals surface area contributed by atoms with Crippen molar-refractivity contribution in [2.24, 2.45) is 0 Å². The monoisotopic (exact) mass is 384 g/mol. The van der Waals surface area contributed by atoms with Gasteiger partial charge in [-0.2, -0.15) is 0 Å². The highest BCUT2D eigenvalue weighted by atomic mass is 14.1. The Labute approximate surface area is 179 Å². The summed E-state index contributed by atoms with van der Waals surface area (Å²) in [5.74, 6) is 0. The molecule has 0 spiro atoms. The van der Waals surface area contributed by atoms with Gasteiger partial charge in [-0.25, -0.2) is 0 Å². The van der Waals surface area contributed by atoms with E-state index >= 15 is 0 Å². The molecule has 0 heteroatoms. The lowest BCUT2D eigenvalue weighted by atomic mass is 9.93. The molecule has 0 nitrogen and oxygen atoms in total. The Hall–Kier alpha value is -3.90. The van der Waals surface area contributed by atoms with E-state index in [1.165, 1.54) is 33.4 Å². The Kier molecular flexibility index (Phi) is 6.50. The largest absolute Gasteiger partial charge is 0.0622 e. The molecule has 0 radical (unpaired) electrons. The van der Waals surface area contributed by atoms with Gasteiger partial charge in [-0.3, -0.25) is 0 Å². The first-order valence-corrected chi connectivity index (χ1v) is 10.2. The molecule has 0 bridgehead atoms. The van der Waals surface area contributed by atoms with E-state index in [1.54, 1.807) is 0 Å². The Morgan fingerprint density at radius 2 is 0.667 bits per heavy atom. The maximum absolute atomic E-state index is 2.22. The van der Waals surface area contributed by atoms with E-state index in [-0.39, 0.29) is 0 Å². The molecule has 0 aromatic heterocycles. The van der Waals surface area contributed by atoms with Crippen LogP contribution in [0.1, 0.15) is 22.3 Å². The van der Waals surface area contributed by atoms with Crippen LogP contribution in [0.4, 0.5) is 0 Å². The highest BCUT2D eigenvalue weighted by molar-refractivity contribution is 6.02. The first kappa shape index (κ1) is 19.4. The third kappa shape index (κ3) is 5.12. The van der Waals surface area contributed by atoms with Crippen LogP contribution < -0.4 is 0 Å². The van der Waals surface area contributed by atoms with Gasteiger partial charge >= 0.3 is 0 Å². The van der Waals surface area contributed by atoms with Gasteiger partial charge in [0, 0.05) is 0 Å². The van der Waals surface area contributed by atoms with E-state index in [4.69, 9.17) is 0 Å². The number of allylic oxidation sites excluding steroid dienone is 4. The van der Waals surface area contributed by atoms with Crippen LogP contribution in [0.5, 0.6) is 0 Å². The SMILES string of the molecule is C(=C\c1ccccc1)/C(=C(\C=C\c1ccccc1)c1ccccc1)c1ccccc1. The predicted molar refractivity (Wildman–Crippen MR) is 131 cm³/mol. The minimum Gasteiger partial charge on any atom is -0.0622 e. The minimum absolute atomic E-state index is 1.19. The molecular weight excluding hydrogens is 360 g/mol. The fourth-order valence-corrected chi connectivity index (χ4v) is 3.41. The van der Waals surface area contributed by atoms with Crippen LogP contribution in [-0.2, 0) is 0 Å². The first-order chi connectivity index (χ1) is 14.9. The first-order valence-electron chi connectivity index (χ1n) is 10.2. The molecule has 0 saturated carbocycles. The third-order valence-corrected chi connectivity index (χ3v) is 4.94. The molecule has 0 aliphatic rings. The van der Waals surface area contributed by atoms with Crippen LogP contribution in [0, 0.1) is 0 Å². The van der Waals surface area contributed by atoms with E-state index in [0.717, 1.165) is 0 Å². The maximum Gasteiger partial charge on any atom is -0.0105 e. The van der Waals surface area contributed by atoms with Gasteiger partial charge < -0.3 is 0 Å². The summed E-state index contributed by atoms with van der Waals surface area (Å²) in [6, 6.07) is 42.0. The molecule has 0 atom stereocenters. The summed E-state index contributed by atoms with van der Waals surface area (Å²) >= 11 is 0. The number of benzene rings is 4. The van der Waals surface area contributed by atoms with Gasteiger partial charge in [0.2, 0.25) is 0 Å². The highest BCUT2D eigenvalue weighted by Crippen LogP contribution is 2.30. The van der Waals surface area contributed by atoms with Crippen LogP contribution >= 0.6 is 0 Å². The number of hydrogen-bond donors (Lipinski definition) is 0. The maximum atomic E-state index is 2.22. The van der Waals surface area contributed by atoms with Gasteiger partial charge in [-0.05, 0) is 33.4 Å². The second-order valence-electron chi connectivity index (χ2n) is 7.05. The molecule has 0 fully saturated rings. The minimum atomic E-state index is 1.19. The van der Waals surface area contributed by atoms with Crippen LogP contribution in [-0.4, -0.2) is 0 Å². The van der Waals surface area contributed by atoms with Crippen molar-refractivity contribution in [3.05, 3.63) is 156 Å². The van der Waals surface area contributed by atoms with E-state index in [1.807, 2.05) is 12.1 Å². The summed E-state index contributed by atoms with van der Waals surface area (Å²) in [4.78, 5) is 0. The Bertz CT molecular complexity index is 1040. The summed E-state index contributed by atoms with van der Waals surface area (Å²) in [7, 11) is 0. The van der Waals surface area contributed by atoms with Crippen molar-refractivity contribution >= 4 is 23.3 Å². The Morgan fingerprint density at radius 1 is 0.367 bits per heavy atom. The van der Waals surface area contributed by atoms with Crippen LogP contribution in [0.2, 0.25) is 0 Å². The number of rotatable bonds is 6. The smallest absolute Gasteiger partial charge is 0.0105 e. The van der Waals surface area contributed by atoms with Crippen molar-refractivity contribution in [3.63, 3.8) is 0 Å². The van der Waals surface area contributed by atoms with Gasteiger partial charge in [0.25, 0.3) is 0 Å². The normalized spacial score (nSPS) is 12.3. The average molecular weight is 385 g/mol. The summed E-state index contributed by atoms with van der Waals surface area (Å²) in [6.07, 6.45) is 8.81.